The second-order valence-corrected chi connectivity index (χ2v) is 16.0. The van der Waals surface area contributed by atoms with Crippen LogP contribution in [0.25, 0.3) is 0 Å². The van der Waals surface area contributed by atoms with Gasteiger partial charge in [-0.25, -0.2) is 21.0 Å². The number of hydrogen-bond acceptors (Lipinski definition) is 12. The van der Waals surface area contributed by atoms with Crippen molar-refractivity contribution >= 4 is 30.4 Å². The van der Waals surface area contributed by atoms with Crippen molar-refractivity contribution in [1.29, 1.82) is 0 Å². The molecule has 16 nitrogen and oxygen atoms in total. The van der Waals surface area contributed by atoms with Gasteiger partial charge in [0.1, 0.15) is 0 Å². The molecule has 0 saturated carbocycles. The fourth-order valence-corrected chi connectivity index (χ4v) is 4.51. The minimum atomic E-state index is -4.76. The minimum Gasteiger partial charge on any atom is -0.335 e. The molecular formula is C9H27O16P4Y3-. The predicted octanol–water partition coefficient (Wildman–Crippen LogP) is 3.37. The summed E-state index contributed by atoms with van der Waals surface area (Å²) in [6.07, 6.45) is 2.00. The summed E-state index contributed by atoms with van der Waals surface area (Å²) in [5, 5.41) is 32.0. The molecule has 0 bridgehead atoms. The number of rotatable bonds is 8. The van der Waals surface area contributed by atoms with Crippen molar-refractivity contribution in [2.75, 3.05) is 0 Å². The molecule has 0 saturated heterocycles. The zero-order chi connectivity index (χ0) is 24.5. The first-order chi connectivity index (χ1) is 12.7. The zero-order valence-corrected chi connectivity index (χ0v) is 30.0. The summed E-state index contributed by atoms with van der Waals surface area (Å²) in [7, 11) is -19.0. The SMILES string of the molecule is CC(C)(P(=O)(O)OO)P(=O)(O)OO.CC(C)(P(=O)(O)OO)P(=O)(O)OO.C[CH-]C.[Y].[Y].[Y]. The van der Waals surface area contributed by atoms with Crippen LogP contribution < -0.4 is 0 Å². The van der Waals surface area contributed by atoms with Crippen LogP contribution in [0, 0.1) is 6.42 Å². The first kappa shape index (κ1) is 48.8. The van der Waals surface area contributed by atoms with Gasteiger partial charge in [0.15, 0.2) is 9.79 Å². The third-order valence-corrected chi connectivity index (χ3v) is 12.7. The summed E-state index contributed by atoms with van der Waals surface area (Å²) in [6, 6.07) is 0. The summed E-state index contributed by atoms with van der Waals surface area (Å²) < 4.78 is 56.6. The molecular weight excluding hydrogens is 755 g/mol. The van der Waals surface area contributed by atoms with Gasteiger partial charge in [-0.3, -0.25) is 18.3 Å². The quantitative estimate of drug-likeness (QED) is 0.0759. The van der Waals surface area contributed by atoms with Crippen molar-refractivity contribution in [2.45, 2.75) is 51.3 Å². The Balaban J connectivity index is -0.0000000866. The van der Waals surface area contributed by atoms with Gasteiger partial charge in [0.05, 0.1) is 0 Å². The normalized spacial score (nSPS) is 18.4. The van der Waals surface area contributed by atoms with Gasteiger partial charge in [-0.15, -0.1) is 0 Å². The van der Waals surface area contributed by atoms with Gasteiger partial charge in [-0.05, 0) is 27.7 Å². The molecule has 0 aliphatic heterocycles. The summed E-state index contributed by atoms with van der Waals surface area (Å²) in [6.45, 7) is 7.28. The summed E-state index contributed by atoms with van der Waals surface area (Å²) in [5.74, 6) is 0. The third-order valence-electron chi connectivity index (χ3n) is 3.21. The van der Waals surface area contributed by atoms with Crippen LogP contribution in [0.1, 0.15) is 41.5 Å². The molecule has 0 aromatic carbocycles. The van der Waals surface area contributed by atoms with Gasteiger partial charge in [0, 0.05) is 98.1 Å². The topological polar surface area (TPSA) is 267 Å². The van der Waals surface area contributed by atoms with Crippen LogP contribution in [0.15, 0.2) is 0 Å². The third kappa shape index (κ3) is 13.5. The summed E-state index contributed by atoms with van der Waals surface area (Å²) >= 11 is 0. The van der Waals surface area contributed by atoms with E-state index in [4.69, 9.17) is 40.6 Å². The first-order valence-corrected chi connectivity index (χ1v) is 13.4. The largest absolute Gasteiger partial charge is 0.372 e. The second kappa shape index (κ2) is 19.8. The van der Waals surface area contributed by atoms with E-state index in [1.165, 1.54) is 0 Å². The van der Waals surface area contributed by atoms with E-state index in [1.54, 1.807) is 0 Å². The Morgan fingerprint density at radius 1 is 0.531 bits per heavy atom. The molecule has 0 rings (SSSR count). The van der Waals surface area contributed by atoms with Crippen LogP contribution in [0.4, 0.5) is 0 Å². The van der Waals surface area contributed by atoms with E-state index in [-0.39, 0.29) is 98.1 Å². The van der Waals surface area contributed by atoms with E-state index < -0.39 is 40.2 Å². The van der Waals surface area contributed by atoms with Gasteiger partial charge in [0.2, 0.25) is 0 Å². The van der Waals surface area contributed by atoms with Crippen LogP contribution in [0.2, 0.25) is 0 Å². The second-order valence-electron chi connectivity index (χ2n) is 5.97. The molecule has 32 heavy (non-hydrogen) atoms. The maximum Gasteiger partial charge on any atom is 0.372 e. The van der Waals surface area contributed by atoms with Gasteiger partial charge >= 0.3 is 30.4 Å². The van der Waals surface area contributed by atoms with Crippen molar-refractivity contribution < 1.29 is 176 Å². The smallest absolute Gasteiger partial charge is 0.335 e. The molecule has 0 heterocycles. The van der Waals surface area contributed by atoms with E-state index >= 15 is 0 Å². The maximum absolute atomic E-state index is 11.0. The molecule has 0 aromatic heterocycles. The van der Waals surface area contributed by atoms with Crippen LogP contribution in [-0.4, -0.2) is 50.4 Å². The van der Waals surface area contributed by atoms with Gasteiger partial charge in [-0.1, -0.05) is 0 Å². The standard InChI is InChI=1S/2C3H10O8P2.C3H7.3Y/c2*1-3(2,12(6,7)10-4)13(8,9)11-5;1-3-2;;;/h2*4-5H,1-2H3,(H,6,7)(H,8,9);3H,1-2H3;;;/q;;-1;;;. The first-order valence-electron chi connectivity index (χ1n) is 7.04. The molecule has 0 aliphatic carbocycles. The fraction of sp³-hybridized carbons (Fsp3) is 0.889. The molecule has 4 atom stereocenters. The van der Waals surface area contributed by atoms with Crippen LogP contribution in [-0.2, 0) is 135 Å². The van der Waals surface area contributed by atoms with Crippen molar-refractivity contribution in [3.05, 3.63) is 6.42 Å². The Morgan fingerprint density at radius 3 is 0.688 bits per heavy atom. The van der Waals surface area contributed by atoms with Crippen LogP contribution >= 0.6 is 30.4 Å². The molecule has 0 fully saturated rings. The van der Waals surface area contributed by atoms with Crippen molar-refractivity contribution in [2.24, 2.45) is 0 Å². The molecule has 0 amide bonds. The van der Waals surface area contributed by atoms with E-state index in [1.807, 2.05) is 20.3 Å². The van der Waals surface area contributed by atoms with Crippen LogP contribution in [0.5, 0.6) is 0 Å². The Labute approximate surface area is 260 Å². The van der Waals surface area contributed by atoms with E-state index in [0.29, 0.717) is 0 Å². The molecule has 4 unspecified atom stereocenters. The molecule has 189 valence electrons. The zero-order valence-electron chi connectivity index (χ0n) is 17.9. The summed E-state index contributed by atoms with van der Waals surface area (Å²) in [5.41, 5.74) is 0. The molecule has 23 heteroatoms. The van der Waals surface area contributed by atoms with E-state index in [9.17, 15) is 18.3 Å². The van der Waals surface area contributed by atoms with E-state index in [0.717, 1.165) is 27.7 Å². The van der Waals surface area contributed by atoms with Crippen molar-refractivity contribution in [3.8, 4) is 0 Å². The van der Waals surface area contributed by atoms with Crippen molar-refractivity contribution in [1.82, 2.24) is 0 Å². The van der Waals surface area contributed by atoms with Crippen molar-refractivity contribution in [3.63, 3.8) is 0 Å². The molecule has 0 aromatic rings. The van der Waals surface area contributed by atoms with Gasteiger partial charge in [0.25, 0.3) is 0 Å². The van der Waals surface area contributed by atoms with E-state index in [2.05, 4.69) is 18.7 Å². The average Bonchev–Trinajstić information content (AvgIpc) is 2.62. The number of hydrogen-bond donors (Lipinski definition) is 8. The Bertz CT molecular complexity index is 580. The monoisotopic (exact) mass is 782 g/mol. The Kier molecular flexibility index (Phi) is 30.1. The predicted molar refractivity (Wildman–Crippen MR) is 98.0 cm³/mol. The Hall–Kier alpha value is 3.75. The van der Waals surface area contributed by atoms with Gasteiger partial charge in [-0.2, -0.15) is 32.5 Å². The molecule has 8 N–H and O–H groups in total. The molecule has 0 spiro atoms. The maximum atomic E-state index is 11.0. The van der Waals surface area contributed by atoms with Gasteiger partial charge < -0.3 is 26.0 Å². The van der Waals surface area contributed by atoms with Crippen LogP contribution in [0.3, 0.4) is 0 Å². The molecule has 0 aliphatic rings. The Morgan fingerprint density at radius 2 is 0.625 bits per heavy atom. The molecule has 3 radical (unpaired) electrons. The fourth-order valence-electron chi connectivity index (χ4n) is 0.719. The summed E-state index contributed by atoms with van der Waals surface area (Å²) in [4.78, 5) is 30.9. The average molecular weight is 782 g/mol. The minimum absolute atomic E-state index is 0.